The summed E-state index contributed by atoms with van der Waals surface area (Å²) in [6.45, 7) is 2.61. The van der Waals surface area contributed by atoms with Crippen molar-refractivity contribution in [3.63, 3.8) is 0 Å². The SMILES string of the molecule is CCN(C)C(=O)Nc1nnc(C2CC2)s1. The molecule has 0 unspecified atom stereocenters. The van der Waals surface area contributed by atoms with Crippen molar-refractivity contribution in [2.75, 3.05) is 18.9 Å². The standard InChI is InChI=1S/C9H14N4OS/c1-3-13(2)9(14)10-8-12-11-7(15-8)6-4-5-6/h6H,3-5H2,1-2H3,(H,10,12,14). The minimum absolute atomic E-state index is 0.129. The van der Waals surface area contributed by atoms with Gasteiger partial charge in [-0.2, -0.15) is 0 Å². The first-order chi connectivity index (χ1) is 7.20. The van der Waals surface area contributed by atoms with E-state index in [0.717, 1.165) is 5.01 Å². The minimum Gasteiger partial charge on any atom is -0.328 e. The van der Waals surface area contributed by atoms with Crippen molar-refractivity contribution in [2.45, 2.75) is 25.7 Å². The number of anilines is 1. The molecule has 6 heteroatoms. The van der Waals surface area contributed by atoms with E-state index in [0.29, 0.717) is 17.6 Å². The van der Waals surface area contributed by atoms with Gasteiger partial charge in [-0.25, -0.2) is 4.79 Å². The molecule has 1 saturated carbocycles. The summed E-state index contributed by atoms with van der Waals surface area (Å²) < 4.78 is 0. The molecule has 15 heavy (non-hydrogen) atoms. The van der Waals surface area contributed by atoms with Gasteiger partial charge in [0.15, 0.2) is 0 Å². The van der Waals surface area contributed by atoms with Gasteiger partial charge in [-0.15, -0.1) is 10.2 Å². The van der Waals surface area contributed by atoms with Crippen molar-refractivity contribution in [1.29, 1.82) is 0 Å². The maximum Gasteiger partial charge on any atom is 0.323 e. The zero-order chi connectivity index (χ0) is 10.8. The van der Waals surface area contributed by atoms with Crippen molar-refractivity contribution in [2.24, 2.45) is 0 Å². The molecule has 2 amide bonds. The Morgan fingerprint density at radius 2 is 2.33 bits per heavy atom. The first-order valence-electron chi connectivity index (χ1n) is 5.06. The van der Waals surface area contributed by atoms with Crippen LogP contribution < -0.4 is 5.32 Å². The largest absolute Gasteiger partial charge is 0.328 e. The van der Waals surface area contributed by atoms with Gasteiger partial charge in [0.05, 0.1) is 0 Å². The third-order valence-corrected chi connectivity index (χ3v) is 3.40. The molecule has 0 aliphatic heterocycles. The highest BCUT2D eigenvalue weighted by atomic mass is 32.1. The van der Waals surface area contributed by atoms with Crippen LogP contribution in [-0.4, -0.2) is 34.7 Å². The molecule has 1 aliphatic carbocycles. The van der Waals surface area contributed by atoms with Gasteiger partial charge in [-0.3, -0.25) is 5.32 Å². The molecule has 82 valence electrons. The molecule has 0 bridgehead atoms. The number of urea groups is 1. The van der Waals surface area contributed by atoms with Gasteiger partial charge >= 0.3 is 6.03 Å². The Morgan fingerprint density at radius 1 is 1.60 bits per heavy atom. The number of carbonyl (C=O) groups is 1. The smallest absolute Gasteiger partial charge is 0.323 e. The Hall–Kier alpha value is -1.17. The fourth-order valence-electron chi connectivity index (χ4n) is 1.11. The molecule has 1 aromatic rings. The lowest BCUT2D eigenvalue weighted by Gasteiger charge is -2.13. The van der Waals surface area contributed by atoms with Crippen LogP contribution in [0.15, 0.2) is 0 Å². The van der Waals surface area contributed by atoms with Crippen molar-refractivity contribution in [1.82, 2.24) is 15.1 Å². The molecule has 1 N–H and O–H groups in total. The molecule has 2 rings (SSSR count). The quantitative estimate of drug-likeness (QED) is 0.856. The van der Waals surface area contributed by atoms with Gasteiger partial charge in [-0.05, 0) is 19.8 Å². The molecule has 1 fully saturated rings. The highest BCUT2D eigenvalue weighted by molar-refractivity contribution is 7.15. The number of hydrogen-bond donors (Lipinski definition) is 1. The van der Waals surface area contributed by atoms with Crippen molar-refractivity contribution >= 4 is 22.5 Å². The predicted octanol–water partition coefficient (Wildman–Crippen LogP) is 1.90. The fourth-order valence-corrected chi connectivity index (χ4v) is 2.01. The molecule has 5 nitrogen and oxygen atoms in total. The average molecular weight is 226 g/mol. The molecular weight excluding hydrogens is 212 g/mol. The maximum absolute atomic E-state index is 11.5. The second kappa shape index (κ2) is 4.14. The minimum atomic E-state index is -0.129. The molecule has 0 spiro atoms. The number of nitrogens with one attached hydrogen (secondary N) is 1. The number of aromatic nitrogens is 2. The Morgan fingerprint density at radius 3 is 2.93 bits per heavy atom. The Labute approximate surface area is 92.5 Å². The molecule has 0 radical (unpaired) electrons. The summed E-state index contributed by atoms with van der Waals surface area (Å²) in [5, 5.41) is 12.4. The van der Waals surface area contributed by atoms with Crippen molar-refractivity contribution in [3.05, 3.63) is 5.01 Å². The summed E-state index contributed by atoms with van der Waals surface area (Å²) in [5.41, 5.74) is 0. The lowest BCUT2D eigenvalue weighted by atomic mass is 10.5. The lowest BCUT2D eigenvalue weighted by molar-refractivity contribution is 0.224. The van der Waals surface area contributed by atoms with E-state index in [1.165, 1.54) is 24.2 Å². The van der Waals surface area contributed by atoms with Gasteiger partial charge < -0.3 is 4.90 Å². The second-order valence-corrected chi connectivity index (χ2v) is 4.67. The fraction of sp³-hybridized carbons (Fsp3) is 0.667. The number of amides is 2. The topological polar surface area (TPSA) is 58.1 Å². The Balaban J connectivity index is 1.95. The Kier molecular flexibility index (Phi) is 2.86. The molecule has 1 aromatic heterocycles. The van der Waals surface area contributed by atoms with E-state index in [9.17, 15) is 4.79 Å². The monoisotopic (exact) mass is 226 g/mol. The van der Waals surface area contributed by atoms with Gasteiger partial charge in [0.2, 0.25) is 5.13 Å². The van der Waals surface area contributed by atoms with Crippen LogP contribution >= 0.6 is 11.3 Å². The summed E-state index contributed by atoms with van der Waals surface area (Å²) in [6, 6.07) is -0.129. The van der Waals surface area contributed by atoms with Gasteiger partial charge in [0.25, 0.3) is 0 Å². The highest BCUT2D eigenvalue weighted by Gasteiger charge is 2.27. The van der Waals surface area contributed by atoms with E-state index >= 15 is 0 Å². The van der Waals surface area contributed by atoms with Crippen LogP contribution in [0.5, 0.6) is 0 Å². The van der Waals surface area contributed by atoms with E-state index < -0.39 is 0 Å². The average Bonchev–Trinajstić information content (AvgIpc) is 2.99. The molecule has 0 atom stereocenters. The Bertz CT molecular complexity index is 361. The summed E-state index contributed by atoms with van der Waals surface area (Å²) in [4.78, 5) is 13.1. The van der Waals surface area contributed by atoms with Crippen molar-refractivity contribution in [3.8, 4) is 0 Å². The van der Waals surface area contributed by atoms with E-state index in [4.69, 9.17) is 0 Å². The van der Waals surface area contributed by atoms with Crippen LogP contribution in [0, 0.1) is 0 Å². The van der Waals surface area contributed by atoms with E-state index in [-0.39, 0.29) is 6.03 Å². The van der Waals surface area contributed by atoms with Gasteiger partial charge in [0, 0.05) is 19.5 Å². The zero-order valence-corrected chi connectivity index (χ0v) is 9.67. The first kappa shape index (κ1) is 10.4. The normalized spacial score (nSPS) is 15.1. The molecule has 0 aromatic carbocycles. The number of carbonyl (C=O) groups excluding carboxylic acids is 1. The highest BCUT2D eigenvalue weighted by Crippen LogP contribution is 2.41. The van der Waals surface area contributed by atoms with Gasteiger partial charge in [-0.1, -0.05) is 11.3 Å². The second-order valence-electron chi connectivity index (χ2n) is 3.66. The first-order valence-corrected chi connectivity index (χ1v) is 5.88. The third kappa shape index (κ3) is 2.44. The van der Waals surface area contributed by atoms with Crippen molar-refractivity contribution < 1.29 is 4.79 Å². The molecule has 1 heterocycles. The molecular formula is C9H14N4OS. The summed E-state index contributed by atoms with van der Waals surface area (Å²) in [6.07, 6.45) is 2.41. The predicted molar refractivity (Wildman–Crippen MR) is 59.2 cm³/mol. The summed E-state index contributed by atoms with van der Waals surface area (Å²) in [5.74, 6) is 0.594. The lowest BCUT2D eigenvalue weighted by Crippen LogP contribution is -2.30. The molecule has 1 aliphatic rings. The number of hydrogen-bond acceptors (Lipinski definition) is 4. The van der Waals surface area contributed by atoms with E-state index in [1.54, 1.807) is 11.9 Å². The van der Waals surface area contributed by atoms with Gasteiger partial charge in [0.1, 0.15) is 5.01 Å². The summed E-state index contributed by atoms with van der Waals surface area (Å²) in [7, 11) is 1.75. The third-order valence-electron chi connectivity index (χ3n) is 2.40. The van der Waals surface area contributed by atoms with Crippen LogP contribution in [-0.2, 0) is 0 Å². The van der Waals surface area contributed by atoms with Crippen LogP contribution in [0.4, 0.5) is 9.93 Å². The summed E-state index contributed by atoms with van der Waals surface area (Å²) >= 11 is 1.48. The van der Waals surface area contributed by atoms with E-state index in [2.05, 4.69) is 15.5 Å². The van der Waals surface area contributed by atoms with Crippen LogP contribution in [0.25, 0.3) is 0 Å². The molecule has 0 saturated heterocycles. The van der Waals surface area contributed by atoms with Crippen LogP contribution in [0.2, 0.25) is 0 Å². The van der Waals surface area contributed by atoms with E-state index in [1.807, 2.05) is 6.92 Å². The maximum atomic E-state index is 11.5. The zero-order valence-electron chi connectivity index (χ0n) is 8.86. The number of nitrogens with zero attached hydrogens (tertiary/aromatic N) is 3. The number of rotatable bonds is 3. The van der Waals surface area contributed by atoms with Crippen LogP contribution in [0.3, 0.4) is 0 Å². The van der Waals surface area contributed by atoms with Crippen LogP contribution in [0.1, 0.15) is 30.7 Å².